The van der Waals surface area contributed by atoms with Gasteiger partial charge in [-0.15, -0.1) is 0 Å². The Hall–Kier alpha value is -0.720. The van der Waals surface area contributed by atoms with E-state index in [1.165, 1.54) is 25.7 Å². The third-order valence-corrected chi connectivity index (χ3v) is 2.98. The first kappa shape index (κ1) is 10.4. The summed E-state index contributed by atoms with van der Waals surface area (Å²) in [6.45, 7) is 2.27. The summed E-state index contributed by atoms with van der Waals surface area (Å²) in [6.07, 6.45) is 14.9. The zero-order valence-electron chi connectivity index (χ0n) is 8.75. The lowest BCUT2D eigenvalue weighted by Crippen LogP contribution is -2.18. The predicted octanol–water partition coefficient (Wildman–Crippen LogP) is 3.67. The number of hydrogen-bond donors (Lipinski definition) is 0. The van der Waals surface area contributed by atoms with Crippen molar-refractivity contribution in [1.29, 1.82) is 0 Å². The van der Waals surface area contributed by atoms with E-state index in [4.69, 9.17) is 4.74 Å². The van der Waals surface area contributed by atoms with E-state index in [0.29, 0.717) is 5.41 Å². The Bertz CT molecular complexity index is 193. The van der Waals surface area contributed by atoms with E-state index in [0.717, 1.165) is 6.42 Å². The monoisotopic (exact) mass is 180 g/mol. The molecule has 0 N–H and O–H groups in total. The van der Waals surface area contributed by atoms with Crippen LogP contribution in [0.3, 0.4) is 0 Å². The van der Waals surface area contributed by atoms with E-state index in [-0.39, 0.29) is 0 Å². The molecule has 0 spiro atoms. The zero-order chi connectivity index (χ0) is 9.57. The molecule has 1 unspecified atom stereocenters. The first-order chi connectivity index (χ1) is 6.33. The number of methoxy groups -OCH3 is 1. The van der Waals surface area contributed by atoms with E-state index < -0.39 is 0 Å². The average Bonchev–Trinajstić information content (AvgIpc) is 2.20. The summed E-state index contributed by atoms with van der Waals surface area (Å²) in [6, 6.07) is 0. The first-order valence-corrected chi connectivity index (χ1v) is 5.18. The third-order valence-electron chi connectivity index (χ3n) is 2.98. The summed E-state index contributed by atoms with van der Waals surface area (Å²) in [7, 11) is 1.70. The standard InChI is InChI=1S/C12H20O/c1-3-12(10-7-11-13-2)8-5-4-6-9-12/h5,7-8,11H,3-4,6,9-10H2,1-2H3/b11-7+. The van der Waals surface area contributed by atoms with Gasteiger partial charge in [-0.2, -0.15) is 0 Å². The van der Waals surface area contributed by atoms with Crippen LogP contribution in [0.5, 0.6) is 0 Å². The highest BCUT2D eigenvalue weighted by molar-refractivity contribution is 5.05. The normalized spacial score (nSPS) is 28.2. The molecule has 0 bridgehead atoms. The van der Waals surface area contributed by atoms with Gasteiger partial charge in [-0.1, -0.05) is 19.1 Å². The summed E-state index contributed by atoms with van der Waals surface area (Å²) in [5, 5.41) is 0. The third kappa shape index (κ3) is 2.91. The molecule has 1 aliphatic rings. The minimum Gasteiger partial charge on any atom is -0.505 e. The molecule has 1 atom stereocenters. The summed E-state index contributed by atoms with van der Waals surface area (Å²) in [5.41, 5.74) is 0.424. The summed E-state index contributed by atoms with van der Waals surface area (Å²) >= 11 is 0. The van der Waals surface area contributed by atoms with Gasteiger partial charge in [0.1, 0.15) is 0 Å². The van der Waals surface area contributed by atoms with E-state index >= 15 is 0 Å². The zero-order valence-corrected chi connectivity index (χ0v) is 8.75. The molecule has 0 amide bonds. The van der Waals surface area contributed by atoms with Crippen molar-refractivity contribution in [1.82, 2.24) is 0 Å². The van der Waals surface area contributed by atoms with Crippen molar-refractivity contribution in [3.05, 3.63) is 24.5 Å². The van der Waals surface area contributed by atoms with Gasteiger partial charge in [0.2, 0.25) is 0 Å². The molecule has 0 saturated heterocycles. The fraction of sp³-hybridized carbons (Fsp3) is 0.667. The van der Waals surface area contributed by atoms with Gasteiger partial charge in [-0.3, -0.25) is 0 Å². The van der Waals surface area contributed by atoms with Gasteiger partial charge in [-0.25, -0.2) is 0 Å². The van der Waals surface area contributed by atoms with Gasteiger partial charge >= 0.3 is 0 Å². The van der Waals surface area contributed by atoms with Crippen LogP contribution in [-0.2, 0) is 4.74 Å². The topological polar surface area (TPSA) is 9.23 Å². The average molecular weight is 180 g/mol. The lowest BCUT2D eigenvalue weighted by molar-refractivity contribution is 0.305. The van der Waals surface area contributed by atoms with Gasteiger partial charge in [-0.05, 0) is 43.6 Å². The maximum atomic E-state index is 4.92. The Labute approximate surface area is 81.5 Å². The molecule has 1 rings (SSSR count). The van der Waals surface area contributed by atoms with Crippen LogP contribution in [0.2, 0.25) is 0 Å². The second kappa shape index (κ2) is 5.11. The number of rotatable bonds is 4. The Morgan fingerprint density at radius 2 is 2.38 bits per heavy atom. The molecular weight excluding hydrogens is 160 g/mol. The Morgan fingerprint density at radius 3 is 2.92 bits per heavy atom. The van der Waals surface area contributed by atoms with Crippen molar-refractivity contribution in [3.63, 3.8) is 0 Å². The smallest absolute Gasteiger partial charge is 0.0785 e. The van der Waals surface area contributed by atoms with Gasteiger partial charge in [0.05, 0.1) is 13.4 Å². The quantitative estimate of drug-likeness (QED) is 0.474. The summed E-state index contributed by atoms with van der Waals surface area (Å²) in [5.74, 6) is 0. The van der Waals surface area contributed by atoms with E-state index in [1.807, 2.05) is 0 Å². The highest BCUT2D eigenvalue weighted by Crippen LogP contribution is 2.37. The molecule has 74 valence electrons. The second-order valence-corrected chi connectivity index (χ2v) is 3.82. The Morgan fingerprint density at radius 1 is 1.54 bits per heavy atom. The van der Waals surface area contributed by atoms with Crippen molar-refractivity contribution >= 4 is 0 Å². The van der Waals surface area contributed by atoms with Gasteiger partial charge in [0.25, 0.3) is 0 Å². The van der Waals surface area contributed by atoms with Crippen LogP contribution >= 0.6 is 0 Å². The summed E-state index contributed by atoms with van der Waals surface area (Å²) < 4.78 is 4.92. The minimum atomic E-state index is 0.424. The van der Waals surface area contributed by atoms with Crippen molar-refractivity contribution in [2.24, 2.45) is 5.41 Å². The molecule has 0 aromatic rings. The van der Waals surface area contributed by atoms with Crippen molar-refractivity contribution in [2.45, 2.75) is 39.0 Å². The van der Waals surface area contributed by atoms with Crippen LogP contribution in [0.15, 0.2) is 24.5 Å². The van der Waals surface area contributed by atoms with Crippen LogP contribution in [0.1, 0.15) is 39.0 Å². The highest BCUT2D eigenvalue weighted by Gasteiger charge is 2.24. The van der Waals surface area contributed by atoms with Gasteiger partial charge < -0.3 is 4.74 Å². The molecule has 0 saturated carbocycles. The lowest BCUT2D eigenvalue weighted by atomic mass is 9.74. The van der Waals surface area contributed by atoms with Crippen molar-refractivity contribution in [2.75, 3.05) is 7.11 Å². The minimum absolute atomic E-state index is 0.424. The fourth-order valence-corrected chi connectivity index (χ4v) is 1.98. The maximum absolute atomic E-state index is 4.92. The van der Waals surface area contributed by atoms with Crippen molar-refractivity contribution in [3.8, 4) is 0 Å². The van der Waals surface area contributed by atoms with E-state index in [1.54, 1.807) is 13.4 Å². The first-order valence-electron chi connectivity index (χ1n) is 5.18. The molecule has 13 heavy (non-hydrogen) atoms. The predicted molar refractivity (Wildman–Crippen MR) is 56.5 cm³/mol. The van der Waals surface area contributed by atoms with Gasteiger partial charge in [0.15, 0.2) is 0 Å². The fourth-order valence-electron chi connectivity index (χ4n) is 1.98. The largest absolute Gasteiger partial charge is 0.505 e. The molecule has 0 fully saturated rings. The Balaban J connectivity index is 2.53. The molecule has 1 nitrogen and oxygen atoms in total. The van der Waals surface area contributed by atoms with Crippen LogP contribution in [0, 0.1) is 5.41 Å². The molecular formula is C12H20O. The van der Waals surface area contributed by atoms with Crippen LogP contribution in [0.4, 0.5) is 0 Å². The molecule has 1 heteroatoms. The number of hydrogen-bond acceptors (Lipinski definition) is 1. The van der Waals surface area contributed by atoms with Crippen LogP contribution in [0.25, 0.3) is 0 Å². The lowest BCUT2D eigenvalue weighted by Gasteiger charge is -2.31. The molecule has 0 aromatic heterocycles. The second-order valence-electron chi connectivity index (χ2n) is 3.82. The Kier molecular flexibility index (Phi) is 4.07. The molecule has 0 aliphatic heterocycles. The van der Waals surface area contributed by atoms with Crippen LogP contribution in [-0.4, -0.2) is 7.11 Å². The SMILES string of the molecule is CCC1(C/C=C/OC)C=CCCC1. The molecule has 1 aliphatic carbocycles. The van der Waals surface area contributed by atoms with Gasteiger partial charge in [0, 0.05) is 0 Å². The number of allylic oxidation sites excluding steroid dienone is 3. The van der Waals surface area contributed by atoms with E-state index in [9.17, 15) is 0 Å². The number of ether oxygens (including phenoxy) is 1. The van der Waals surface area contributed by atoms with Crippen LogP contribution < -0.4 is 0 Å². The van der Waals surface area contributed by atoms with Crippen molar-refractivity contribution < 1.29 is 4.74 Å². The highest BCUT2D eigenvalue weighted by atomic mass is 16.5. The molecule has 0 aromatic carbocycles. The molecule has 0 radical (unpaired) electrons. The maximum Gasteiger partial charge on any atom is 0.0785 e. The summed E-state index contributed by atoms with van der Waals surface area (Å²) in [4.78, 5) is 0. The van der Waals surface area contributed by atoms with E-state index in [2.05, 4.69) is 25.2 Å². The molecule has 0 heterocycles.